The Labute approximate surface area is 95.3 Å². The van der Waals surface area contributed by atoms with Crippen LogP contribution < -0.4 is 4.90 Å². The maximum atomic E-state index is 9.33. The molecule has 1 aromatic carbocycles. The molecule has 0 bridgehead atoms. The Kier molecular flexibility index (Phi) is 3.06. The molecule has 0 aliphatic rings. The number of aliphatic hydroxyl groups excluding tert-OH is 1. The minimum absolute atomic E-state index is 0.349. The van der Waals surface area contributed by atoms with Crippen molar-refractivity contribution in [3.8, 4) is 0 Å². The van der Waals surface area contributed by atoms with Gasteiger partial charge >= 0.3 is 0 Å². The first-order valence-corrected chi connectivity index (χ1v) is 5.42. The fraction of sp³-hybridized carbons (Fsp3) is 0.308. The number of benzene rings is 1. The number of aliphatic hydroxyl groups is 1. The summed E-state index contributed by atoms with van der Waals surface area (Å²) in [6, 6.07) is 12.0. The van der Waals surface area contributed by atoms with Gasteiger partial charge in [-0.15, -0.1) is 0 Å². The number of aromatic nitrogens is 1. The predicted octanol–water partition coefficient (Wildman–Crippen LogP) is 2.05. The predicted molar refractivity (Wildman–Crippen MR) is 66.7 cm³/mol. The highest BCUT2D eigenvalue weighted by Gasteiger charge is 2.06. The Morgan fingerprint density at radius 2 is 2.00 bits per heavy atom. The molecule has 3 heteroatoms. The summed E-state index contributed by atoms with van der Waals surface area (Å²) in [4.78, 5) is 6.50. The third-order valence-electron chi connectivity index (χ3n) is 2.51. The number of hydrogen-bond donors (Lipinski definition) is 1. The van der Waals surface area contributed by atoms with Crippen molar-refractivity contribution in [2.75, 3.05) is 18.5 Å². The van der Waals surface area contributed by atoms with Crippen LogP contribution in [0.4, 0.5) is 5.82 Å². The summed E-state index contributed by atoms with van der Waals surface area (Å²) in [5.74, 6) is 0.889. The van der Waals surface area contributed by atoms with E-state index in [0.29, 0.717) is 6.54 Å². The molecule has 1 aromatic heterocycles. The maximum absolute atomic E-state index is 9.33. The van der Waals surface area contributed by atoms with Crippen molar-refractivity contribution < 1.29 is 5.11 Å². The van der Waals surface area contributed by atoms with E-state index in [1.165, 1.54) is 0 Å². The van der Waals surface area contributed by atoms with Crippen LogP contribution in [0, 0.1) is 0 Å². The van der Waals surface area contributed by atoms with Gasteiger partial charge in [0.15, 0.2) is 0 Å². The van der Waals surface area contributed by atoms with Gasteiger partial charge in [-0.05, 0) is 25.1 Å². The molecule has 0 radical (unpaired) electrons. The summed E-state index contributed by atoms with van der Waals surface area (Å²) in [5.41, 5.74) is 0.984. The normalized spacial score (nSPS) is 12.7. The van der Waals surface area contributed by atoms with Gasteiger partial charge in [0.1, 0.15) is 5.82 Å². The number of para-hydroxylation sites is 1. The molecule has 1 unspecified atom stereocenters. The molecule has 1 heterocycles. The van der Waals surface area contributed by atoms with Crippen molar-refractivity contribution in [3.05, 3.63) is 36.4 Å². The summed E-state index contributed by atoms with van der Waals surface area (Å²) < 4.78 is 0. The summed E-state index contributed by atoms with van der Waals surface area (Å²) in [5, 5.41) is 10.5. The molecule has 1 atom stereocenters. The van der Waals surface area contributed by atoms with Crippen molar-refractivity contribution in [1.29, 1.82) is 0 Å². The van der Waals surface area contributed by atoms with Gasteiger partial charge in [-0.25, -0.2) is 4.98 Å². The van der Waals surface area contributed by atoms with Gasteiger partial charge in [-0.1, -0.05) is 18.2 Å². The third-order valence-corrected chi connectivity index (χ3v) is 2.51. The van der Waals surface area contributed by atoms with E-state index in [1.54, 1.807) is 6.92 Å². The van der Waals surface area contributed by atoms with Crippen LogP contribution in [0.5, 0.6) is 0 Å². The van der Waals surface area contributed by atoms with Crippen molar-refractivity contribution in [2.45, 2.75) is 13.0 Å². The van der Waals surface area contributed by atoms with Gasteiger partial charge < -0.3 is 10.0 Å². The standard InChI is InChI=1S/C13H16N2O/c1-10(16)9-15(2)13-8-7-11-5-3-4-6-12(11)14-13/h3-8,10,16H,9H2,1-2H3. The minimum atomic E-state index is -0.349. The summed E-state index contributed by atoms with van der Waals surface area (Å²) in [6.45, 7) is 2.36. The average Bonchev–Trinajstić information content (AvgIpc) is 2.27. The summed E-state index contributed by atoms with van der Waals surface area (Å²) >= 11 is 0. The van der Waals surface area contributed by atoms with E-state index >= 15 is 0 Å². The largest absolute Gasteiger partial charge is 0.392 e. The van der Waals surface area contributed by atoms with Gasteiger partial charge in [0.2, 0.25) is 0 Å². The SMILES string of the molecule is CC(O)CN(C)c1ccc2ccccc2n1. The zero-order chi connectivity index (χ0) is 11.5. The van der Waals surface area contributed by atoms with Gasteiger partial charge in [0, 0.05) is 19.0 Å². The maximum Gasteiger partial charge on any atom is 0.129 e. The second-order valence-electron chi connectivity index (χ2n) is 4.09. The lowest BCUT2D eigenvalue weighted by Crippen LogP contribution is -2.27. The average molecular weight is 216 g/mol. The van der Waals surface area contributed by atoms with Crippen LogP contribution >= 0.6 is 0 Å². The van der Waals surface area contributed by atoms with Crippen LogP contribution in [-0.2, 0) is 0 Å². The molecule has 2 rings (SSSR count). The summed E-state index contributed by atoms with van der Waals surface area (Å²) in [6.07, 6.45) is -0.349. The van der Waals surface area contributed by atoms with Crippen molar-refractivity contribution in [3.63, 3.8) is 0 Å². The number of anilines is 1. The highest BCUT2D eigenvalue weighted by atomic mass is 16.3. The first kappa shape index (κ1) is 10.9. The molecule has 16 heavy (non-hydrogen) atoms. The first-order valence-electron chi connectivity index (χ1n) is 5.42. The molecular formula is C13H16N2O. The molecule has 0 aliphatic heterocycles. The van der Waals surface area contributed by atoms with Gasteiger partial charge in [-0.3, -0.25) is 0 Å². The smallest absolute Gasteiger partial charge is 0.129 e. The van der Waals surface area contributed by atoms with Crippen molar-refractivity contribution in [2.24, 2.45) is 0 Å². The Balaban J connectivity index is 2.32. The van der Waals surface area contributed by atoms with E-state index in [0.717, 1.165) is 16.7 Å². The number of nitrogens with zero attached hydrogens (tertiary/aromatic N) is 2. The molecule has 0 saturated carbocycles. The lowest BCUT2D eigenvalue weighted by Gasteiger charge is -2.19. The number of pyridine rings is 1. The number of fused-ring (bicyclic) bond motifs is 1. The molecule has 84 valence electrons. The Morgan fingerprint density at radius 1 is 1.25 bits per heavy atom. The van der Waals surface area contributed by atoms with E-state index in [2.05, 4.69) is 11.1 Å². The quantitative estimate of drug-likeness (QED) is 0.853. The molecule has 0 aliphatic carbocycles. The highest BCUT2D eigenvalue weighted by molar-refractivity contribution is 5.80. The second kappa shape index (κ2) is 4.49. The molecular weight excluding hydrogens is 200 g/mol. The molecule has 0 fully saturated rings. The fourth-order valence-corrected chi connectivity index (χ4v) is 1.76. The zero-order valence-corrected chi connectivity index (χ0v) is 9.59. The second-order valence-corrected chi connectivity index (χ2v) is 4.09. The van der Waals surface area contributed by atoms with E-state index < -0.39 is 0 Å². The highest BCUT2D eigenvalue weighted by Crippen LogP contribution is 2.16. The lowest BCUT2D eigenvalue weighted by molar-refractivity contribution is 0.201. The minimum Gasteiger partial charge on any atom is -0.392 e. The van der Waals surface area contributed by atoms with Gasteiger partial charge in [0.05, 0.1) is 11.6 Å². The Hall–Kier alpha value is -1.61. The van der Waals surface area contributed by atoms with Crippen LogP contribution in [0.15, 0.2) is 36.4 Å². The molecule has 0 saturated heterocycles. The monoisotopic (exact) mass is 216 g/mol. The van der Waals surface area contributed by atoms with Crippen LogP contribution in [0.1, 0.15) is 6.92 Å². The lowest BCUT2D eigenvalue weighted by atomic mass is 10.2. The number of rotatable bonds is 3. The fourth-order valence-electron chi connectivity index (χ4n) is 1.76. The van der Waals surface area contributed by atoms with Crippen LogP contribution in [-0.4, -0.2) is 29.8 Å². The third kappa shape index (κ3) is 2.31. The molecule has 0 spiro atoms. The van der Waals surface area contributed by atoms with Crippen LogP contribution in [0.25, 0.3) is 10.9 Å². The zero-order valence-electron chi connectivity index (χ0n) is 9.59. The van der Waals surface area contributed by atoms with E-state index in [9.17, 15) is 5.11 Å². The molecule has 0 amide bonds. The first-order chi connectivity index (χ1) is 7.66. The summed E-state index contributed by atoms with van der Waals surface area (Å²) in [7, 11) is 1.93. The van der Waals surface area contributed by atoms with Crippen molar-refractivity contribution >= 4 is 16.7 Å². The van der Waals surface area contributed by atoms with E-state index in [1.807, 2.05) is 42.3 Å². The van der Waals surface area contributed by atoms with E-state index in [4.69, 9.17) is 0 Å². The van der Waals surface area contributed by atoms with E-state index in [-0.39, 0.29) is 6.10 Å². The Morgan fingerprint density at radius 3 is 2.75 bits per heavy atom. The van der Waals surface area contributed by atoms with Gasteiger partial charge in [-0.2, -0.15) is 0 Å². The molecule has 2 aromatic rings. The number of likely N-dealkylation sites (N-methyl/N-ethyl adjacent to an activating group) is 1. The van der Waals surface area contributed by atoms with Crippen LogP contribution in [0.2, 0.25) is 0 Å². The number of hydrogen-bond acceptors (Lipinski definition) is 3. The van der Waals surface area contributed by atoms with Crippen LogP contribution in [0.3, 0.4) is 0 Å². The Bertz CT molecular complexity index is 482. The van der Waals surface area contributed by atoms with Crippen molar-refractivity contribution in [1.82, 2.24) is 4.98 Å². The molecule has 1 N–H and O–H groups in total. The molecule has 3 nitrogen and oxygen atoms in total. The van der Waals surface area contributed by atoms with Gasteiger partial charge in [0.25, 0.3) is 0 Å². The topological polar surface area (TPSA) is 36.4 Å².